The van der Waals surface area contributed by atoms with E-state index in [9.17, 15) is 4.39 Å². The Balaban J connectivity index is 1.97. The van der Waals surface area contributed by atoms with E-state index in [1.165, 1.54) is 37.9 Å². The van der Waals surface area contributed by atoms with Gasteiger partial charge in [-0.1, -0.05) is 19.1 Å². The quantitative estimate of drug-likeness (QED) is 0.754. The van der Waals surface area contributed by atoms with Crippen molar-refractivity contribution in [2.24, 2.45) is 0 Å². The Labute approximate surface area is 97.3 Å². The van der Waals surface area contributed by atoms with Crippen LogP contribution in [0.4, 0.5) is 4.39 Å². The highest BCUT2D eigenvalue weighted by atomic mass is 19.1. The Morgan fingerprint density at radius 2 is 1.81 bits per heavy atom. The van der Waals surface area contributed by atoms with E-state index in [0.717, 1.165) is 6.42 Å². The second kappa shape index (κ2) is 5.44. The van der Waals surface area contributed by atoms with E-state index >= 15 is 0 Å². The number of halogens is 1. The number of rotatable bonds is 4. The summed E-state index contributed by atoms with van der Waals surface area (Å²) in [6, 6.07) is 7.58. The molecule has 0 radical (unpaired) electrons. The Morgan fingerprint density at radius 3 is 2.38 bits per heavy atom. The Morgan fingerprint density at radius 1 is 1.19 bits per heavy atom. The summed E-state index contributed by atoms with van der Waals surface area (Å²) in [6.07, 6.45) is 4.90. The van der Waals surface area contributed by atoms with Gasteiger partial charge in [0.1, 0.15) is 5.82 Å². The van der Waals surface area contributed by atoms with E-state index in [4.69, 9.17) is 0 Å². The third-order valence-corrected chi connectivity index (χ3v) is 3.51. The number of hydrogen-bond donors (Lipinski definition) is 0. The van der Waals surface area contributed by atoms with E-state index in [2.05, 4.69) is 11.8 Å². The van der Waals surface area contributed by atoms with Gasteiger partial charge in [0.05, 0.1) is 0 Å². The molecule has 1 aliphatic heterocycles. The summed E-state index contributed by atoms with van der Waals surface area (Å²) in [5, 5.41) is 0. The van der Waals surface area contributed by atoms with Gasteiger partial charge < -0.3 is 4.90 Å². The molecule has 1 aliphatic rings. The van der Waals surface area contributed by atoms with Crippen molar-refractivity contribution in [3.05, 3.63) is 35.6 Å². The van der Waals surface area contributed by atoms with Gasteiger partial charge in [-0.2, -0.15) is 0 Å². The molecule has 1 unspecified atom stereocenters. The Hall–Kier alpha value is -0.890. The minimum atomic E-state index is -0.141. The van der Waals surface area contributed by atoms with Crippen LogP contribution in [0, 0.1) is 5.82 Å². The molecule has 0 amide bonds. The summed E-state index contributed by atoms with van der Waals surface area (Å²) in [6.45, 7) is 4.71. The fourth-order valence-corrected chi connectivity index (χ4v) is 2.53. The average molecular weight is 221 g/mol. The molecule has 16 heavy (non-hydrogen) atoms. The van der Waals surface area contributed by atoms with E-state index in [0.29, 0.717) is 6.04 Å². The monoisotopic (exact) mass is 221 g/mol. The second-order valence-corrected chi connectivity index (χ2v) is 4.64. The van der Waals surface area contributed by atoms with Crippen molar-refractivity contribution in [1.82, 2.24) is 4.90 Å². The number of benzene rings is 1. The number of likely N-dealkylation sites (tertiary alicyclic amines) is 1. The number of hydrogen-bond acceptors (Lipinski definition) is 1. The van der Waals surface area contributed by atoms with Crippen LogP contribution in [0.2, 0.25) is 0 Å². The highest BCUT2D eigenvalue weighted by molar-refractivity contribution is 5.17. The largest absolute Gasteiger partial charge is 0.300 e. The summed E-state index contributed by atoms with van der Waals surface area (Å²) in [5.41, 5.74) is 1.25. The molecule has 1 heterocycles. The standard InChI is InChI=1S/C14H20FN/c1-2-14(16-9-3-4-10-16)11-12-5-7-13(15)8-6-12/h5-8,14H,2-4,9-11H2,1H3. The maximum Gasteiger partial charge on any atom is 0.123 e. The SMILES string of the molecule is CCC(Cc1ccc(F)cc1)N1CCCC1. The van der Waals surface area contributed by atoms with Crippen molar-refractivity contribution in [1.29, 1.82) is 0 Å². The Kier molecular flexibility index (Phi) is 3.94. The lowest BCUT2D eigenvalue weighted by Crippen LogP contribution is -2.33. The molecular weight excluding hydrogens is 201 g/mol. The minimum Gasteiger partial charge on any atom is -0.300 e. The molecule has 0 N–H and O–H groups in total. The predicted octanol–water partition coefficient (Wildman–Crippen LogP) is 3.24. The van der Waals surface area contributed by atoms with Crippen molar-refractivity contribution in [2.75, 3.05) is 13.1 Å². The van der Waals surface area contributed by atoms with Gasteiger partial charge in [-0.25, -0.2) is 4.39 Å². The van der Waals surface area contributed by atoms with Crippen LogP contribution in [0.3, 0.4) is 0 Å². The van der Waals surface area contributed by atoms with Crippen LogP contribution in [0.25, 0.3) is 0 Å². The first kappa shape index (κ1) is 11.6. The second-order valence-electron chi connectivity index (χ2n) is 4.64. The maximum absolute atomic E-state index is 12.8. The van der Waals surface area contributed by atoms with Gasteiger partial charge in [-0.3, -0.25) is 0 Å². The molecule has 1 nitrogen and oxygen atoms in total. The summed E-state index contributed by atoms with van der Waals surface area (Å²) in [4.78, 5) is 2.57. The lowest BCUT2D eigenvalue weighted by molar-refractivity contribution is 0.234. The van der Waals surface area contributed by atoms with Crippen LogP contribution in [0.1, 0.15) is 31.7 Å². The first-order chi connectivity index (χ1) is 7.79. The van der Waals surface area contributed by atoms with Gasteiger partial charge in [0.25, 0.3) is 0 Å². The lowest BCUT2D eigenvalue weighted by Gasteiger charge is -2.26. The van der Waals surface area contributed by atoms with Crippen molar-refractivity contribution in [3.8, 4) is 0 Å². The van der Waals surface area contributed by atoms with E-state index in [-0.39, 0.29) is 5.82 Å². The molecule has 88 valence electrons. The molecular formula is C14H20FN. The van der Waals surface area contributed by atoms with E-state index in [1.54, 1.807) is 12.1 Å². The lowest BCUT2D eigenvalue weighted by atomic mass is 10.0. The van der Waals surface area contributed by atoms with Gasteiger partial charge in [-0.15, -0.1) is 0 Å². The molecule has 0 spiro atoms. The number of nitrogens with zero attached hydrogens (tertiary/aromatic N) is 1. The van der Waals surface area contributed by atoms with Crippen LogP contribution in [0.5, 0.6) is 0 Å². The van der Waals surface area contributed by atoms with Crippen molar-refractivity contribution < 1.29 is 4.39 Å². The zero-order valence-corrected chi connectivity index (χ0v) is 9.95. The molecule has 0 aliphatic carbocycles. The fourth-order valence-electron chi connectivity index (χ4n) is 2.53. The molecule has 0 saturated carbocycles. The van der Waals surface area contributed by atoms with Crippen molar-refractivity contribution >= 4 is 0 Å². The van der Waals surface area contributed by atoms with Gasteiger partial charge in [0, 0.05) is 6.04 Å². The summed E-state index contributed by atoms with van der Waals surface area (Å²) in [5.74, 6) is -0.141. The summed E-state index contributed by atoms with van der Waals surface area (Å²) >= 11 is 0. The third kappa shape index (κ3) is 2.82. The van der Waals surface area contributed by atoms with Crippen LogP contribution < -0.4 is 0 Å². The Bertz CT molecular complexity index is 314. The van der Waals surface area contributed by atoms with E-state index in [1.807, 2.05) is 12.1 Å². The molecule has 1 fully saturated rings. The van der Waals surface area contributed by atoms with Crippen molar-refractivity contribution in [2.45, 2.75) is 38.6 Å². The van der Waals surface area contributed by atoms with Gasteiger partial charge in [0.15, 0.2) is 0 Å². The molecule has 2 heteroatoms. The summed E-state index contributed by atoms with van der Waals surface area (Å²) < 4.78 is 12.8. The molecule has 1 atom stereocenters. The third-order valence-electron chi connectivity index (χ3n) is 3.51. The molecule has 1 aromatic rings. The zero-order valence-electron chi connectivity index (χ0n) is 9.95. The molecule has 1 aromatic carbocycles. The topological polar surface area (TPSA) is 3.24 Å². The predicted molar refractivity (Wildman–Crippen MR) is 65.0 cm³/mol. The first-order valence-electron chi connectivity index (χ1n) is 6.28. The average Bonchev–Trinajstić information content (AvgIpc) is 2.82. The minimum absolute atomic E-state index is 0.141. The van der Waals surface area contributed by atoms with Gasteiger partial charge in [0.2, 0.25) is 0 Å². The van der Waals surface area contributed by atoms with Crippen LogP contribution in [-0.2, 0) is 6.42 Å². The normalized spacial score (nSPS) is 18.9. The fraction of sp³-hybridized carbons (Fsp3) is 0.571. The van der Waals surface area contributed by atoms with Crippen LogP contribution in [0.15, 0.2) is 24.3 Å². The smallest absolute Gasteiger partial charge is 0.123 e. The zero-order chi connectivity index (χ0) is 11.4. The van der Waals surface area contributed by atoms with Gasteiger partial charge in [-0.05, 0) is 56.5 Å². The van der Waals surface area contributed by atoms with Gasteiger partial charge >= 0.3 is 0 Å². The molecule has 1 saturated heterocycles. The highest BCUT2D eigenvalue weighted by Crippen LogP contribution is 2.18. The maximum atomic E-state index is 12.8. The highest BCUT2D eigenvalue weighted by Gasteiger charge is 2.20. The van der Waals surface area contributed by atoms with Crippen LogP contribution in [-0.4, -0.2) is 24.0 Å². The molecule has 2 rings (SSSR count). The first-order valence-corrected chi connectivity index (χ1v) is 6.28. The van der Waals surface area contributed by atoms with Crippen LogP contribution >= 0.6 is 0 Å². The summed E-state index contributed by atoms with van der Waals surface area (Å²) in [7, 11) is 0. The van der Waals surface area contributed by atoms with E-state index < -0.39 is 0 Å². The molecule has 0 aromatic heterocycles. The van der Waals surface area contributed by atoms with Crippen molar-refractivity contribution in [3.63, 3.8) is 0 Å². The molecule has 0 bridgehead atoms.